The Bertz CT molecular complexity index is 933. The lowest BCUT2D eigenvalue weighted by Crippen LogP contribution is -2.64. The molecule has 1 spiro atoms. The van der Waals surface area contributed by atoms with Crippen molar-refractivity contribution in [3.63, 3.8) is 0 Å². The van der Waals surface area contributed by atoms with Crippen LogP contribution < -0.4 is 4.90 Å². The number of piperidine rings is 1. The van der Waals surface area contributed by atoms with Gasteiger partial charge in [0.05, 0.1) is 25.3 Å². The van der Waals surface area contributed by atoms with Gasteiger partial charge in [0.2, 0.25) is 0 Å². The van der Waals surface area contributed by atoms with E-state index < -0.39 is 5.60 Å². The van der Waals surface area contributed by atoms with Crippen molar-refractivity contribution in [2.24, 2.45) is 5.41 Å². The zero-order valence-corrected chi connectivity index (χ0v) is 22.8. The van der Waals surface area contributed by atoms with E-state index in [0.717, 1.165) is 64.5 Å². The second kappa shape index (κ2) is 8.65. The number of amides is 1. The fourth-order valence-electron chi connectivity index (χ4n) is 6.87. The van der Waals surface area contributed by atoms with Crippen LogP contribution in [0.3, 0.4) is 0 Å². The summed E-state index contributed by atoms with van der Waals surface area (Å²) in [6.45, 7) is 20.5. The number of anilines is 1. The molecule has 1 unspecified atom stereocenters. The van der Waals surface area contributed by atoms with Gasteiger partial charge in [-0.15, -0.1) is 0 Å². The monoisotopic (exact) mass is 487 g/mol. The molecule has 5 rings (SSSR count). The summed E-state index contributed by atoms with van der Waals surface area (Å²) in [6.07, 6.45) is 4.33. The molecule has 196 valence electrons. The van der Waals surface area contributed by atoms with Crippen LogP contribution in [-0.4, -0.2) is 88.3 Å². The maximum absolute atomic E-state index is 12.3. The molecular formula is C27H45N5O3. The second-order valence-corrected chi connectivity index (χ2v) is 13.1. The van der Waals surface area contributed by atoms with E-state index in [4.69, 9.17) is 14.6 Å². The fourth-order valence-corrected chi connectivity index (χ4v) is 6.87. The van der Waals surface area contributed by atoms with Crippen LogP contribution in [0.25, 0.3) is 0 Å². The molecule has 3 aliphatic heterocycles. The highest BCUT2D eigenvalue weighted by atomic mass is 16.6. The molecule has 1 aromatic heterocycles. The standard InChI is InChI=1S/C27H45N5O3/c1-8-30(22-15-34-16-22)20-9-10-31(26(6,7)12-20)23-11-19(2)32(28-23)21-13-27(14-21)17-29(18-27)24(33)35-25(3,4)5/h11,20-22H,8-10,12-18H2,1-7H3. The molecule has 4 heterocycles. The number of rotatable bonds is 5. The number of hydrogen-bond acceptors (Lipinski definition) is 6. The van der Waals surface area contributed by atoms with E-state index in [0.29, 0.717) is 18.1 Å². The smallest absolute Gasteiger partial charge is 0.410 e. The maximum Gasteiger partial charge on any atom is 0.410 e. The Morgan fingerprint density at radius 3 is 2.43 bits per heavy atom. The molecule has 4 aliphatic rings. The number of aryl methyl sites for hydroxylation is 1. The van der Waals surface area contributed by atoms with Crippen molar-refractivity contribution in [3.8, 4) is 0 Å². The highest BCUT2D eigenvalue weighted by Crippen LogP contribution is 2.54. The number of likely N-dealkylation sites (N-methyl/N-ethyl adjacent to an activating group) is 1. The van der Waals surface area contributed by atoms with Crippen LogP contribution in [0.4, 0.5) is 10.6 Å². The van der Waals surface area contributed by atoms with Crippen LogP contribution in [-0.2, 0) is 9.47 Å². The number of nitrogens with zero attached hydrogens (tertiary/aromatic N) is 5. The minimum absolute atomic E-state index is 0.0648. The van der Waals surface area contributed by atoms with Crippen molar-refractivity contribution < 1.29 is 14.3 Å². The van der Waals surface area contributed by atoms with Gasteiger partial charge in [-0.05, 0) is 73.8 Å². The molecule has 0 bridgehead atoms. The van der Waals surface area contributed by atoms with Crippen LogP contribution in [0.15, 0.2) is 6.07 Å². The first-order valence-corrected chi connectivity index (χ1v) is 13.5. The highest BCUT2D eigenvalue weighted by molar-refractivity contribution is 5.69. The summed E-state index contributed by atoms with van der Waals surface area (Å²) in [7, 11) is 0. The van der Waals surface area contributed by atoms with E-state index in [-0.39, 0.29) is 17.0 Å². The third-order valence-electron chi connectivity index (χ3n) is 8.65. The lowest BCUT2D eigenvalue weighted by molar-refractivity contribution is -0.0931. The topological polar surface area (TPSA) is 63.1 Å². The van der Waals surface area contributed by atoms with Crippen LogP contribution in [0.2, 0.25) is 0 Å². The van der Waals surface area contributed by atoms with E-state index in [9.17, 15) is 4.79 Å². The number of carbonyl (C=O) groups excluding carboxylic acids is 1. The predicted molar refractivity (Wildman–Crippen MR) is 137 cm³/mol. The summed E-state index contributed by atoms with van der Waals surface area (Å²) in [5.74, 6) is 1.12. The van der Waals surface area contributed by atoms with Gasteiger partial charge in [-0.3, -0.25) is 9.58 Å². The third kappa shape index (κ3) is 4.68. The Labute approximate surface area is 210 Å². The van der Waals surface area contributed by atoms with Crippen molar-refractivity contribution in [1.82, 2.24) is 19.6 Å². The largest absolute Gasteiger partial charge is 0.444 e. The average Bonchev–Trinajstić information content (AvgIpc) is 3.00. The first-order valence-electron chi connectivity index (χ1n) is 13.5. The number of aromatic nitrogens is 2. The molecular weight excluding hydrogens is 442 g/mol. The van der Waals surface area contributed by atoms with Gasteiger partial charge in [0.15, 0.2) is 5.82 Å². The quantitative estimate of drug-likeness (QED) is 0.619. The zero-order chi connectivity index (χ0) is 25.2. The van der Waals surface area contributed by atoms with Crippen LogP contribution in [0.5, 0.6) is 0 Å². The van der Waals surface area contributed by atoms with E-state index in [1.54, 1.807) is 0 Å². The van der Waals surface area contributed by atoms with Crippen molar-refractivity contribution in [3.05, 3.63) is 11.8 Å². The predicted octanol–water partition coefficient (Wildman–Crippen LogP) is 4.23. The molecule has 1 aromatic rings. The van der Waals surface area contributed by atoms with E-state index in [1.807, 2.05) is 25.7 Å². The van der Waals surface area contributed by atoms with Gasteiger partial charge in [-0.2, -0.15) is 5.10 Å². The molecule has 35 heavy (non-hydrogen) atoms. The Hall–Kier alpha value is -1.80. The molecule has 8 nitrogen and oxygen atoms in total. The number of carbonyl (C=O) groups is 1. The Morgan fingerprint density at radius 1 is 1.20 bits per heavy atom. The first-order chi connectivity index (χ1) is 16.4. The van der Waals surface area contributed by atoms with Crippen molar-refractivity contribution in [1.29, 1.82) is 0 Å². The highest BCUT2D eigenvalue weighted by Gasteiger charge is 2.55. The minimum atomic E-state index is -0.437. The Morgan fingerprint density at radius 2 is 1.89 bits per heavy atom. The normalized spacial score (nSPS) is 26.5. The summed E-state index contributed by atoms with van der Waals surface area (Å²) in [5, 5.41) is 5.13. The summed E-state index contributed by atoms with van der Waals surface area (Å²) in [5.41, 5.74) is 1.12. The average molecular weight is 488 g/mol. The molecule has 1 aliphatic carbocycles. The molecule has 8 heteroatoms. The molecule has 1 atom stereocenters. The Balaban J connectivity index is 1.18. The molecule has 0 aromatic carbocycles. The van der Waals surface area contributed by atoms with Gasteiger partial charge < -0.3 is 19.3 Å². The van der Waals surface area contributed by atoms with Gasteiger partial charge in [0.1, 0.15) is 5.60 Å². The Kier molecular flexibility index (Phi) is 6.15. The van der Waals surface area contributed by atoms with Gasteiger partial charge in [0, 0.05) is 48.4 Å². The van der Waals surface area contributed by atoms with Crippen LogP contribution >= 0.6 is 0 Å². The zero-order valence-electron chi connectivity index (χ0n) is 22.8. The first kappa shape index (κ1) is 24.9. The molecule has 3 saturated heterocycles. The number of ether oxygens (including phenoxy) is 2. The van der Waals surface area contributed by atoms with Crippen molar-refractivity contribution in [2.75, 3.05) is 44.3 Å². The van der Waals surface area contributed by atoms with E-state index >= 15 is 0 Å². The van der Waals surface area contributed by atoms with Crippen molar-refractivity contribution >= 4 is 11.9 Å². The summed E-state index contributed by atoms with van der Waals surface area (Å²) >= 11 is 0. The summed E-state index contributed by atoms with van der Waals surface area (Å²) in [4.78, 5) is 19.4. The van der Waals surface area contributed by atoms with Crippen LogP contribution in [0.1, 0.15) is 79.0 Å². The lowest BCUT2D eigenvalue weighted by atomic mass is 9.61. The van der Waals surface area contributed by atoms with Gasteiger partial charge in [-0.1, -0.05) is 6.92 Å². The molecule has 1 saturated carbocycles. The molecule has 0 radical (unpaired) electrons. The van der Waals surface area contributed by atoms with Gasteiger partial charge >= 0.3 is 6.09 Å². The second-order valence-electron chi connectivity index (χ2n) is 13.1. The summed E-state index contributed by atoms with van der Waals surface area (Å²) < 4.78 is 13.3. The summed E-state index contributed by atoms with van der Waals surface area (Å²) in [6, 6.07) is 3.91. The molecule has 4 fully saturated rings. The molecule has 0 N–H and O–H groups in total. The number of hydrogen-bond donors (Lipinski definition) is 0. The van der Waals surface area contributed by atoms with E-state index in [1.165, 1.54) is 12.1 Å². The van der Waals surface area contributed by atoms with Crippen LogP contribution in [0, 0.1) is 12.3 Å². The lowest BCUT2D eigenvalue weighted by Gasteiger charge is -2.58. The van der Waals surface area contributed by atoms with E-state index in [2.05, 4.69) is 48.2 Å². The van der Waals surface area contributed by atoms with Crippen molar-refractivity contribution in [2.45, 2.75) is 103 Å². The third-order valence-corrected chi connectivity index (χ3v) is 8.65. The number of likely N-dealkylation sites (tertiary alicyclic amines) is 1. The fraction of sp³-hybridized carbons (Fsp3) is 0.852. The van der Waals surface area contributed by atoms with Gasteiger partial charge in [-0.25, -0.2) is 4.79 Å². The molecule has 1 amide bonds. The SMILES string of the molecule is CCN(C1COC1)C1CCN(c2cc(C)n(C3CC4(C3)CN(C(=O)OC(C)(C)C)C4)n2)C(C)(C)C1. The minimum Gasteiger partial charge on any atom is -0.444 e. The maximum atomic E-state index is 12.3. The van der Waals surface area contributed by atoms with Gasteiger partial charge in [0.25, 0.3) is 0 Å².